The third kappa shape index (κ3) is 6.48. The van der Waals surface area contributed by atoms with Gasteiger partial charge in [0, 0.05) is 13.6 Å². The van der Waals surface area contributed by atoms with E-state index in [1.807, 2.05) is 38.1 Å². The van der Waals surface area contributed by atoms with E-state index < -0.39 is 28.5 Å². The highest BCUT2D eigenvalue weighted by Crippen LogP contribution is 2.26. The Morgan fingerprint density at radius 2 is 1.57 bits per heavy atom. The van der Waals surface area contributed by atoms with Crippen molar-refractivity contribution in [1.82, 2.24) is 10.2 Å². The number of anilines is 1. The molecule has 0 saturated carbocycles. The SMILES string of the molecule is CC[C@H](C(=O)NC)N(Cc1ccccc1C)C(=O)CN(c1ccccc1)S(=O)(=O)c1ccc(OC)cc1. The highest BCUT2D eigenvalue weighted by atomic mass is 32.2. The van der Waals surface area contributed by atoms with Crippen LogP contribution in [0.5, 0.6) is 5.75 Å². The van der Waals surface area contributed by atoms with E-state index in [1.54, 1.807) is 42.5 Å². The van der Waals surface area contributed by atoms with E-state index in [2.05, 4.69) is 5.32 Å². The maximum absolute atomic E-state index is 13.9. The molecule has 0 heterocycles. The summed E-state index contributed by atoms with van der Waals surface area (Å²) in [6.45, 7) is 3.45. The van der Waals surface area contributed by atoms with E-state index >= 15 is 0 Å². The van der Waals surface area contributed by atoms with Crippen molar-refractivity contribution in [3.8, 4) is 5.75 Å². The number of ether oxygens (including phenoxy) is 1. The predicted molar refractivity (Wildman–Crippen MR) is 144 cm³/mol. The maximum Gasteiger partial charge on any atom is 0.264 e. The van der Waals surface area contributed by atoms with Crippen LogP contribution in [0.25, 0.3) is 0 Å². The zero-order valence-corrected chi connectivity index (χ0v) is 22.4. The van der Waals surface area contributed by atoms with Gasteiger partial charge in [-0.1, -0.05) is 49.4 Å². The van der Waals surface area contributed by atoms with Crippen LogP contribution in [0.4, 0.5) is 5.69 Å². The van der Waals surface area contributed by atoms with Gasteiger partial charge in [-0.2, -0.15) is 0 Å². The lowest BCUT2D eigenvalue weighted by Gasteiger charge is -2.33. The maximum atomic E-state index is 13.9. The fourth-order valence-corrected chi connectivity index (χ4v) is 5.47. The lowest BCUT2D eigenvalue weighted by Crippen LogP contribution is -2.51. The summed E-state index contributed by atoms with van der Waals surface area (Å²) in [7, 11) is -1.10. The molecule has 0 bridgehead atoms. The fourth-order valence-electron chi connectivity index (χ4n) is 4.06. The Bertz CT molecular complexity index is 1310. The average molecular weight is 524 g/mol. The van der Waals surface area contributed by atoms with Crippen molar-refractivity contribution in [2.24, 2.45) is 0 Å². The third-order valence-corrected chi connectivity index (χ3v) is 7.99. The van der Waals surface area contributed by atoms with Gasteiger partial charge in [0.1, 0.15) is 18.3 Å². The molecule has 0 unspecified atom stereocenters. The number of nitrogens with one attached hydrogen (secondary N) is 1. The predicted octanol–water partition coefficient (Wildman–Crippen LogP) is 3.75. The lowest BCUT2D eigenvalue weighted by atomic mass is 10.1. The molecule has 0 aliphatic rings. The lowest BCUT2D eigenvalue weighted by molar-refractivity contribution is -0.140. The van der Waals surface area contributed by atoms with Gasteiger partial charge in [0.05, 0.1) is 17.7 Å². The molecule has 0 radical (unpaired) electrons. The molecule has 0 saturated heterocycles. The Kier molecular flexibility index (Phi) is 9.30. The number of benzene rings is 3. The number of rotatable bonds is 11. The second-order valence-corrected chi connectivity index (χ2v) is 10.4. The van der Waals surface area contributed by atoms with Crippen LogP contribution in [0.2, 0.25) is 0 Å². The largest absolute Gasteiger partial charge is 0.497 e. The van der Waals surface area contributed by atoms with Crippen molar-refractivity contribution in [2.45, 2.75) is 37.8 Å². The van der Waals surface area contributed by atoms with E-state index in [-0.39, 0.29) is 17.3 Å². The number of likely N-dealkylation sites (N-methyl/N-ethyl adjacent to an activating group) is 1. The molecule has 9 heteroatoms. The number of methoxy groups -OCH3 is 1. The standard InChI is InChI=1S/C28H33N3O5S/c1-5-26(28(33)29-3)30(19-22-12-10-9-11-21(22)2)27(32)20-31(23-13-7-6-8-14-23)37(34,35)25-17-15-24(36-4)16-18-25/h6-18,26H,5,19-20H2,1-4H3,(H,29,33)/t26-/m1/s1. The molecule has 0 aliphatic heterocycles. The van der Waals surface area contributed by atoms with Gasteiger partial charge >= 0.3 is 0 Å². The van der Waals surface area contributed by atoms with Crippen LogP contribution < -0.4 is 14.4 Å². The molecule has 0 fully saturated rings. The van der Waals surface area contributed by atoms with Gasteiger partial charge < -0.3 is 15.0 Å². The second kappa shape index (κ2) is 12.4. The first-order valence-electron chi connectivity index (χ1n) is 12.0. The van der Waals surface area contributed by atoms with Crippen molar-refractivity contribution in [1.29, 1.82) is 0 Å². The highest BCUT2D eigenvalue weighted by Gasteiger charge is 2.33. The molecule has 1 atom stereocenters. The first-order valence-corrected chi connectivity index (χ1v) is 13.4. The number of aryl methyl sites for hydroxylation is 1. The summed E-state index contributed by atoms with van der Waals surface area (Å²) >= 11 is 0. The van der Waals surface area contributed by atoms with Crippen LogP contribution in [0.1, 0.15) is 24.5 Å². The summed E-state index contributed by atoms with van der Waals surface area (Å²) in [5, 5.41) is 2.63. The van der Waals surface area contributed by atoms with Crippen LogP contribution in [-0.4, -0.2) is 51.9 Å². The van der Waals surface area contributed by atoms with Crippen molar-refractivity contribution in [3.63, 3.8) is 0 Å². The summed E-state index contributed by atoms with van der Waals surface area (Å²) < 4.78 is 33.8. The Hall–Kier alpha value is -3.85. The van der Waals surface area contributed by atoms with Gasteiger partial charge in [-0.15, -0.1) is 0 Å². The van der Waals surface area contributed by atoms with E-state index in [1.165, 1.54) is 31.2 Å². The smallest absolute Gasteiger partial charge is 0.264 e. The third-order valence-electron chi connectivity index (χ3n) is 6.20. The molecule has 8 nitrogen and oxygen atoms in total. The molecule has 0 aromatic heterocycles. The van der Waals surface area contributed by atoms with Crippen LogP contribution in [0, 0.1) is 6.92 Å². The zero-order chi connectivity index (χ0) is 27.0. The number of hydrogen-bond acceptors (Lipinski definition) is 5. The van der Waals surface area contributed by atoms with Gasteiger partial charge in [0.2, 0.25) is 11.8 Å². The molecule has 2 amide bonds. The average Bonchev–Trinajstić information content (AvgIpc) is 2.92. The minimum Gasteiger partial charge on any atom is -0.497 e. The Morgan fingerprint density at radius 1 is 0.946 bits per heavy atom. The molecule has 3 rings (SSSR count). The quantitative estimate of drug-likeness (QED) is 0.413. The molecule has 37 heavy (non-hydrogen) atoms. The monoisotopic (exact) mass is 523 g/mol. The van der Waals surface area contributed by atoms with Gasteiger partial charge in [-0.3, -0.25) is 13.9 Å². The van der Waals surface area contributed by atoms with E-state index in [0.717, 1.165) is 15.4 Å². The summed E-state index contributed by atoms with van der Waals surface area (Å²) in [6.07, 6.45) is 0.369. The van der Waals surface area contributed by atoms with E-state index in [9.17, 15) is 18.0 Å². The van der Waals surface area contributed by atoms with Crippen LogP contribution in [0.15, 0.2) is 83.8 Å². The van der Waals surface area contributed by atoms with Crippen LogP contribution >= 0.6 is 0 Å². The number of hydrogen-bond donors (Lipinski definition) is 1. The minimum absolute atomic E-state index is 0.0220. The topological polar surface area (TPSA) is 96.0 Å². The number of carbonyl (C=O) groups is 2. The summed E-state index contributed by atoms with van der Waals surface area (Å²) in [4.78, 5) is 28.1. The second-order valence-electron chi connectivity index (χ2n) is 8.51. The molecular weight excluding hydrogens is 490 g/mol. The van der Waals surface area contributed by atoms with Gasteiger partial charge in [-0.25, -0.2) is 8.42 Å². The zero-order valence-electron chi connectivity index (χ0n) is 21.5. The number of sulfonamides is 1. The Morgan fingerprint density at radius 3 is 2.14 bits per heavy atom. The molecular formula is C28H33N3O5S. The molecule has 1 N–H and O–H groups in total. The highest BCUT2D eigenvalue weighted by molar-refractivity contribution is 7.92. The van der Waals surface area contributed by atoms with E-state index in [0.29, 0.717) is 17.9 Å². The fraction of sp³-hybridized carbons (Fsp3) is 0.286. The molecule has 3 aromatic rings. The number of carbonyl (C=O) groups excluding carboxylic acids is 2. The van der Waals surface area contributed by atoms with Gasteiger partial charge in [0.25, 0.3) is 10.0 Å². The van der Waals surface area contributed by atoms with Gasteiger partial charge in [0.15, 0.2) is 0 Å². The first kappa shape index (κ1) is 27.7. The Labute approximate surface area is 218 Å². The van der Waals surface area contributed by atoms with Gasteiger partial charge in [-0.05, 0) is 60.9 Å². The molecule has 3 aromatic carbocycles. The van der Waals surface area contributed by atoms with Crippen molar-refractivity contribution in [2.75, 3.05) is 25.0 Å². The first-order chi connectivity index (χ1) is 17.7. The molecule has 0 spiro atoms. The van der Waals surface area contributed by atoms with Crippen LogP contribution in [-0.2, 0) is 26.2 Å². The molecule has 196 valence electrons. The number of nitrogens with zero attached hydrogens (tertiary/aromatic N) is 2. The van der Waals surface area contributed by atoms with Crippen molar-refractivity contribution in [3.05, 3.63) is 90.0 Å². The van der Waals surface area contributed by atoms with Crippen molar-refractivity contribution < 1.29 is 22.7 Å². The molecule has 0 aliphatic carbocycles. The number of para-hydroxylation sites is 1. The summed E-state index contributed by atoms with van der Waals surface area (Å²) in [6, 6.07) is 21.3. The van der Waals surface area contributed by atoms with Crippen molar-refractivity contribution >= 4 is 27.5 Å². The van der Waals surface area contributed by atoms with Crippen LogP contribution in [0.3, 0.4) is 0 Å². The minimum atomic E-state index is -4.12. The normalized spacial score (nSPS) is 11.9. The number of amides is 2. The Balaban J connectivity index is 2.04. The summed E-state index contributed by atoms with van der Waals surface area (Å²) in [5.41, 5.74) is 2.19. The van der Waals surface area contributed by atoms with E-state index in [4.69, 9.17) is 4.74 Å². The summed E-state index contributed by atoms with van der Waals surface area (Å²) in [5.74, 6) is -0.282.